The maximum atomic E-state index is 12.4. The number of carbonyl (C=O) groups is 3. The van der Waals surface area contributed by atoms with Crippen molar-refractivity contribution >= 4 is 23.3 Å². The largest absolute Gasteiger partial charge is 0.482 e. The van der Waals surface area contributed by atoms with Crippen LogP contribution in [0.5, 0.6) is 5.75 Å². The van der Waals surface area contributed by atoms with E-state index in [9.17, 15) is 14.4 Å². The Morgan fingerprint density at radius 3 is 2.15 bits per heavy atom. The molecular formula is C21H23NO5. The molecule has 0 aromatic heterocycles. The molecule has 0 saturated carbocycles. The molecule has 1 unspecified atom stereocenters. The van der Waals surface area contributed by atoms with Crippen molar-refractivity contribution in [3.63, 3.8) is 0 Å². The van der Waals surface area contributed by atoms with Gasteiger partial charge in [0.15, 0.2) is 12.7 Å². The third kappa shape index (κ3) is 6.26. The van der Waals surface area contributed by atoms with Crippen LogP contribution in [0, 0.1) is 5.92 Å². The van der Waals surface area contributed by atoms with Crippen LogP contribution in [0.15, 0.2) is 54.6 Å². The number of Topliss-reactive ketones (excluding diaryl/α,β-unsaturated/α-hetero) is 1. The first-order chi connectivity index (χ1) is 12.9. The second-order valence-electron chi connectivity index (χ2n) is 6.32. The summed E-state index contributed by atoms with van der Waals surface area (Å²) >= 11 is 0. The fraction of sp³-hybridized carbons (Fsp3) is 0.286. The smallest absolute Gasteiger partial charge is 0.344 e. The highest BCUT2D eigenvalue weighted by Crippen LogP contribution is 2.14. The summed E-state index contributed by atoms with van der Waals surface area (Å²) in [4.78, 5) is 35.9. The van der Waals surface area contributed by atoms with Crippen molar-refractivity contribution in [1.29, 1.82) is 0 Å². The summed E-state index contributed by atoms with van der Waals surface area (Å²) in [5.41, 5.74) is 0.994. The molecule has 0 aliphatic rings. The Kier molecular flexibility index (Phi) is 7.11. The van der Waals surface area contributed by atoms with E-state index in [2.05, 4.69) is 5.32 Å². The van der Waals surface area contributed by atoms with Crippen LogP contribution in [-0.2, 0) is 14.3 Å². The zero-order chi connectivity index (χ0) is 19.8. The van der Waals surface area contributed by atoms with Gasteiger partial charge < -0.3 is 14.8 Å². The first-order valence-corrected chi connectivity index (χ1v) is 8.69. The number of para-hydroxylation sites is 1. The molecule has 0 saturated heterocycles. The quantitative estimate of drug-likeness (QED) is 0.569. The second kappa shape index (κ2) is 9.52. The molecule has 27 heavy (non-hydrogen) atoms. The number of hydrogen-bond acceptors (Lipinski definition) is 5. The van der Waals surface area contributed by atoms with E-state index in [1.54, 1.807) is 62.4 Å². The summed E-state index contributed by atoms with van der Waals surface area (Å²) in [7, 11) is 0. The summed E-state index contributed by atoms with van der Waals surface area (Å²) < 4.78 is 10.4. The Labute approximate surface area is 158 Å². The Bertz CT molecular complexity index is 784. The fourth-order valence-corrected chi connectivity index (χ4v) is 2.18. The first kappa shape index (κ1) is 20.2. The fourth-order valence-electron chi connectivity index (χ4n) is 2.18. The molecule has 6 heteroatoms. The van der Waals surface area contributed by atoms with Gasteiger partial charge in [0, 0.05) is 17.2 Å². The van der Waals surface area contributed by atoms with Gasteiger partial charge in [-0.1, -0.05) is 32.0 Å². The second-order valence-corrected chi connectivity index (χ2v) is 6.32. The van der Waals surface area contributed by atoms with E-state index >= 15 is 0 Å². The SMILES string of the molecule is CC(C)C(=O)Nc1ccc(C(=O)C(C)OC(=O)COc2ccccc2)cc1. The molecule has 0 radical (unpaired) electrons. The lowest BCUT2D eigenvalue weighted by atomic mass is 10.1. The van der Waals surface area contributed by atoms with Crippen molar-refractivity contribution in [2.75, 3.05) is 11.9 Å². The third-order valence-electron chi connectivity index (χ3n) is 3.74. The number of hydrogen-bond donors (Lipinski definition) is 1. The predicted octanol–water partition coefficient (Wildman–Crippen LogP) is 3.47. The van der Waals surface area contributed by atoms with Crippen LogP contribution < -0.4 is 10.1 Å². The molecule has 0 aliphatic carbocycles. The summed E-state index contributed by atoms with van der Waals surface area (Å²) in [6, 6.07) is 15.3. The van der Waals surface area contributed by atoms with E-state index in [0.29, 0.717) is 17.0 Å². The minimum Gasteiger partial charge on any atom is -0.482 e. The lowest BCUT2D eigenvalue weighted by molar-refractivity contribution is -0.148. The number of carbonyl (C=O) groups excluding carboxylic acids is 3. The molecule has 0 bridgehead atoms. The van der Waals surface area contributed by atoms with Crippen LogP contribution in [0.2, 0.25) is 0 Å². The molecule has 0 aliphatic heterocycles. The van der Waals surface area contributed by atoms with Gasteiger partial charge in [-0.25, -0.2) is 4.79 Å². The van der Waals surface area contributed by atoms with Gasteiger partial charge in [-0.05, 0) is 43.3 Å². The summed E-state index contributed by atoms with van der Waals surface area (Å²) in [6.07, 6.45) is -0.937. The molecular weight excluding hydrogens is 346 g/mol. The van der Waals surface area contributed by atoms with Crippen LogP contribution in [0.3, 0.4) is 0 Å². The Balaban J connectivity index is 1.86. The molecule has 1 N–H and O–H groups in total. The minimum atomic E-state index is -0.937. The van der Waals surface area contributed by atoms with Gasteiger partial charge in [-0.2, -0.15) is 0 Å². The van der Waals surface area contributed by atoms with Gasteiger partial charge in [-0.15, -0.1) is 0 Å². The molecule has 0 fully saturated rings. The van der Waals surface area contributed by atoms with Gasteiger partial charge in [0.05, 0.1) is 0 Å². The number of amides is 1. The van der Waals surface area contributed by atoms with Crippen LogP contribution in [0.25, 0.3) is 0 Å². The highest BCUT2D eigenvalue weighted by atomic mass is 16.6. The molecule has 1 atom stereocenters. The van der Waals surface area contributed by atoms with Crippen LogP contribution >= 0.6 is 0 Å². The van der Waals surface area contributed by atoms with E-state index in [-0.39, 0.29) is 24.2 Å². The number of anilines is 1. The first-order valence-electron chi connectivity index (χ1n) is 8.69. The monoisotopic (exact) mass is 369 g/mol. The standard InChI is InChI=1S/C21H23NO5/c1-14(2)21(25)22-17-11-9-16(10-12-17)20(24)15(3)27-19(23)13-26-18-7-5-4-6-8-18/h4-12,14-15H,13H2,1-3H3,(H,22,25). The zero-order valence-corrected chi connectivity index (χ0v) is 15.6. The van der Waals surface area contributed by atoms with Gasteiger partial charge in [0.1, 0.15) is 5.75 Å². The topological polar surface area (TPSA) is 81.7 Å². The minimum absolute atomic E-state index is 0.102. The average molecular weight is 369 g/mol. The molecule has 2 rings (SSSR count). The highest BCUT2D eigenvalue weighted by molar-refractivity contribution is 6.01. The normalized spacial score (nSPS) is 11.6. The number of nitrogens with one attached hydrogen (secondary N) is 1. The van der Waals surface area contributed by atoms with E-state index < -0.39 is 12.1 Å². The number of esters is 1. The van der Waals surface area contributed by atoms with Crippen LogP contribution in [0.1, 0.15) is 31.1 Å². The molecule has 2 aromatic carbocycles. The average Bonchev–Trinajstić information content (AvgIpc) is 2.67. The predicted molar refractivity (Wildman–Crippen MR) is 102 cm³/mol. The van der Waals surface area contributed by atoms with Gasteiger partial charge in [-0.3, -0.25) is 9.59 Å². The summed E-state index contributed by atoms with van der Waals surface area (Å²) in [6.45, 7) is 4.83. The van der Waals surface area contributed by atoms with Crippen molar-refractivity contribution in [3.8, 4) is 5.75 Å². The van der Waals surface area contributed by atoms with E-state index in [1.807, 2.05) is 6.07 Å². The molecule has 6 nitrogen and oxygen atoms in total. The summed E-state index contributed by atoms with van der Waals surface area (Å²) in [5, 5.41) is 2.75. The third-order valence-corrected chi connectivity index (χ3v) is 3.74. The van der Waals surface area contributed by atoms with Gasteiger partial charge in [0.25, 0.3) is 0 Å². The van der Waals surface area contributed by atoms with Gasteiger partial charge in [0.2, 0.25) is 11.7 Å². The van der Waals surface area contributed by atoms with Crippen molar-refractivity contribution < 1.29 is 23.9 Å². The van der Waals surface area contributed by atoms with Crippen LogP contribution in [0.4, 0.5) is 5.69 Å². The molecule has 0 spiro atoms. The Morgan fingerprint density at radius 1 is 0.926 bits per heavy atom. The maximum absolute atomic E-state index is 12.4. The Morgan fingerprint density at radius 2 is 1.56 bits per heavy atom. The maximum Gasteiger partial charge on any atom is 0.344 e. The molecule has 0 heterocycles. The van der Waals surface area contributed by atoms with Crippen LogP contribution in [-0.4, -0.2) is 30.4 Å². The lowest BCUT2D eigenvalue weighted by Gasteiger charge is -2.13. The number of ether oxygens (including phenoxy) is 2. The summed E-state index contributed by atoms with van der Waals surface area (Å²) in [5.74, 6) is -0.642. The number of rotatable bonds is 8. The number of ketones is 1. The van der Waals surface area contributed by atoms with E-state index in [4.69, 9.17) is 9.47 Å². The zero-order valence-electron chi connectivity index (χ0n) is 15.6. The number of benzene rings is 2. The van der Waals surface area contributed by atoms with E-state index in [0.717, 1.165) is 0 Å². The van der Waals surface area contributed by atoms with E-state index in [1.165, 1.54) is 6.92 Å². The van der Waals surface area contributed by atoms with Crippen molar-refractivity contribution in [2.24, 2.45) is 5.92 Å². The Hall–Kier alpha value is -3.15. The van der Waals surface area contributed by atoms with Gasteiger partial charge >= 0.3 is 5.97 Å². The molecule has 2 aromatic rings. The molecule has 142 valence electrons. The lowest BCUT2D eigenvalue weighted by Crippen LogP contribution is -2.27. The van der Waals surface area contributed by atoms with Crippen molar-refractivity contribution in [3.05, 3.63) is 60.2 Å². The highest BCUT2D eigenvalue weighted by Gasteiger charge is 2.20. The molecule has 1 amide bonds. The van der Waals surface area contributed by atoms with Crippen molar-refractivity contribution in [1.82, 2.24) is 0 Å². The van der Waals surface area contributed by atoms with Crippen molar-refractivity contribution in [2.45, 2.75) is 26.9 Å².